The molecule has 5 nitrogen and oxygen atoms in total. The summed E-state index contributed by atoms with van der Waals surface area (Å²) in [7, 11) is 0. The first kappa shape index (κ1) is 16.8. The van der Waals surface area contributed by atoms with Crippen LogP contribution in [0.2, 0.25) is 0 Å². The minimum atomic E-state index is -0.0468. The molecule has 2 amide bonds. The number of aryl methyl sites for hydroxylation is 1. The van der Waals surface area contributed by atoms with Crippen molar-refractivity contribution in [2.75, 3.05) is 13.1 Å². The summed E-state index contributed by atoms with van der Waals surface area (Å²) in [5, 5.41) is 4.08. The Morgan fingerprint density at radius 3 is 3.08 bits per heavy atom. The lowest BCUT2D eigenvalue weighted by molar-refractivity contribution is 0.158. The Labute approximate surface area is 146 Å². The van der Waals surface area contributed by atoms with E-state index in [0.29, 0.717) is 19.6 Å². The van der Waals surface area contributed by atoms with Gasteiger partial charge in [-0.1, -0.05) is 25.1 Å². The summed E-state index contributed by atoms with van der Waals surface area (Å²) in [5.41, 5.74) is 1.05. The number of hydrogen-bond acceptors (Lipinski definition) is 4. The lowest BCUT2D eigenvalue weighted by Crippen LogP contribution is -2.43. The second-order valence-corrected chi connectivity index (χ2v) is 7.17. The van der Waals surface area contributed by atoms with E-state index < -0.39 is 0 Å². The molecule has 0 aliphatic carbocycles. The number of para-hydroxylation sites is 1. The van der Waals surface area contributed by atoms with Gasteiger partial charge in [0.1, 0.15) is 11.9 Å². The van der Waals surface area contributed by atoms with E-state index in [9.17, 15) is 4.79 Å². The van der Waals surface area contributed by atoms with Gasteiger partial charge in [-0.3, -0.25) is 0 Å². The van der Waals surface area contributed by atoms with Crippen molar-refractivity contribution in [1.82, 2.24) is 15.2 Å². The molecule has 0 radical (unpaired) electrons. The minimum absolute atomic E-state index is 0.0227. The van der Waals surface area contributed by atoms with Gasteiger partial charge in [-0.15, -0.1) is 11.3 Å². The van der Waals surface area contributed by atoms with E-state index in [2.05, 4.69) is 17.2 Å². The number of thiazole rings is 1. The summed E-state index contributed by atoms with van der Waals surface area (Å²) in [6, 6.07) is 7.85. The maximum atomic E-state index is 12.5. The Morgan fingerprint density at radius 1 is 1.46 bits per heavy atom. The number of nitrogens with zero attached hydrogens (tertiary/aromatic N) is 2. The van der Waals surface area contributed by atoms with E-state index in [-0.39, 0.29) is 12.1 Å². The summed E-state index contributed by atoms with van der Waals surface area (Å²) in [6.45, 7) is 5.87. The molecule has 24 heavy (non-hydrogen) atoms. The Hall–Kier alpha value is -2.08. The molecule has 128 valence electrons. The molecule has 2 heterocycles. The van der Waals surface area contributed by atoms with Crippen molar-refractivity contribution in [2.24, 2.45) is 0 Å². The highest BCUT2D eigenvalue weighted by molar-refractivity contribution is 7.11. The van der Waals surface area contributed by atoms with Crippen LogP contribution in [0.25, 0.3) is 0 Å². The van der Waals surface area contributed by atoms with E-state index in [0.717, 1.165) is 29.2 Å². The van der Waals surface area contributed by atoms with Crippen molar-refractivity contribution in [3.63, 3.8) is 0 Å². The van der Waals surface area contributed by atoms with E-state index >= 15 is 0 Å². The smallest absolute Gasteiger partial charge is 0.317 e. The zero-order valence-corrected chi connectivity index (χ0v) is 14.9. The molecular formula is C18H23N3O2S. The molecule has 1 aliphatic rings. The Bertz CT molecular complexity index is 701. The molecule has 1 aliphatic heterocycles. The van der Waals surface area contributed by atoms with Crippen LogP contribution < -0.4 is 10.1 Å². The number of nitrogens with one attached hydrogen (secondary N) is 1. The number of aromatic nitrogens is 1. The summed E-state index contributed by atoms with van der Waals surface area (Å²) >= 11 is 1.72. The predicted octanol–water partition coefficient (Wildman–Crippen LogP) is 3.24. The first-order valence-electron chi connectivity index (χ1n) is 8.36. The number of fused-ring (bicyclic) bond motifs is 1. The minimum Gasteiger partial charge on any atom is -0.489 e. The van der Waals surface area contributed by atoms with Gasteiger partial charge in [-0.25, -0.2) is 9.78 Å². The van der Waals surface area contributed by atoms with Crippen LogP contribution in [0, 0.1) is 0 Å². The van der Waals surface area contributed by atoms with Crippen molar-refractivity contribution in [3.05, 3.63) is 45.9 Å². The standard InChI is InChI=1S/C18H23N3O2S/c1-3-15-10-20-17(24-15)8-9-19-18(22)21-11-13(2)23-16-7-5-4-6-14(16)12-21/h4-7,10,13H,3,8-9,11-12H2,1-2H3,(H,19,22)/t13-/m0/s1. The van der Waals surface area contributed by atoms with Crippen LogP contribution in [0.3, 0.4) is 0 Å². The maximum absolute atomic E-state index is 12.5. The van der Waals surface area contributed by atoms with Crippen molar-refractivity contribution < 1.29 is 9.53 Å². The molecule has 1 N–H and O–H groups in total. The van der Waals surface area contributed by atoms with Crippen molar-refractivity contribution in [3.8, 4) is 5.75 Å². The quantitative estimate of drug-likeness (QED) is 0.925. The molecule has 6 heteroatoms. The van der Waals surface area contributed by atoms with Crippen LogP contribution in [0.15, 0.2) is 30.5 Å². The van der Waals surface area contributed by atoms with Crippen molar-refractivity contribution >= 4 is 17.4 Å². The van der Waals surface area contributed by atoms with Crippen LogP contribution in [-0.4, -0.2) is 35.1 Å². The Balaban J connectivity index is 1.56. The third-order valence-electron chi connectivity index (χ3n) is 3.99. The van der Waals surface area contributed by atoms with E-state index in [4.69, 9.17) is 4.74 Å². The van der Waals surface area contributed by atoms with Gasteiger partial charge in [-0.2, -0.15) is 0 Å². The van der Waals surface area contributed by atoms with Gasteiger partial charge >= 0.3 is 6.03 Å². The van der Waals surface area contributed by atoms with E-state index in [1.165, 1.54) is 4.88 Å². The fraction of sp³-hybridized carbons (Fsp3) is 0.444. The first-order chi connectivity index (χ1) is 11.7. The molecular weight excluding hydrogens is 322 g/mol. The van der Waals surface area contributed by atoms with Gasteiger partial charge < -0.3 is 15.0 Å². The molecule has 0 saturated carbocycles. The summed E-state index contributed by atoms with van der Waals surface area (Å²) in [6.07, 6.45) is 3.68. The van der Waals surface area contributed by atoms with Gasteiger partial charge in [0.15, 0.2) is 0 Å². The largest absolute Gasteiger partial charge is 0.489 e. The highest BCUT2D eigenvalue weighted by Gasteiger charge is 2.23. The molecule has 1 atom stereocenters. The zero-order valence-electron chi connectivity index (χ0n) is 14.1. The number of amides is 2. The van der Waals surface area contributed by atoms with Crippen LogP contribution in [0.1, 0.15) is 29.3 Å². The first-order valence-corrected chi connectivity index (χ1v) is 9.18. The number of carbonyl (C=O) groups is 1. The van der Waals surface area contributed by atoms with Gasteiger partial charge in [0.2, 0.25) is 0 Å². The third-order valence-corrected chi connectivity index (χ3v) is 5.19. The number of carbonyl (C=O) groups excluding carboxylic acids is 1. The lowest BCUT2D eigenvalue weighted by atomic mass is 10.2. The number of ether oxygens (including phenoxy) is 1. The average molecular weight is 345 g/mol. The average Bonchev–Trinajstić information content (AvgIpc) is 2.96. The number of benzene rings is 1. The lowest BCUT2D eigenvalue weighted by Gasteiger charge is -2.22. The fourth-order valence-corrected chi connectivity index (χ4v) is 3.62. The van der Waals surface area contributed by atoms with Crippen LogP contribution in [0.5, 0.6) is 5.75 Å². The number of hydrogen-bond donors (Lipinski definition) is 1. The van der Waals surface area contributed by atoms with Gasteiger partial charge in [-0.05, 0) is 19.4 Å². The Morgan fingerprint density at radius 2 is 2.29 bits per heavy atom. The second-order valence-electron chi connectivity index (χ2n) is 5.97. The molecule has 1 aromatic heterocycles. The molecule has 0 bridgehead atoms. The van der Waals surface area contributed by atoms with Crippen molar-refractivity contribution in [2.45, 2.75) is 39.3 Å². The van der Waals surface area contributed by atoms with E-state index in [1.54, 1.807) is 11.3 Å². The van der Waals surface area contributed by atoms with Crippen molar-refractivity contribution in [1.29, 1.82) is 0 Å². The highest BCUT2D eigenvalue weighted by Crippen LogP contribution is 2.24. The third kappa shape index (κ3) is 4.06. The molecule has 1 aromatic carbocycles. The highest BCUT2D eigenvalue weighted by atomic mass is 32.1. The molecule has 2 aromatic rings. The normalized spacial score (nSPS) is 16.9. The van der Waals surface area contributed by atoms with Gasteiger partial charge in [0, 0.05) is 29.6 Å². The van der Waals surface area contributed by atoms with Gasteiger partial charge in [0.25, 0.3) is 0 Å². The molecule has 0 unspecified atom stereocenters. The van der Waals surface area contributed by atoms with Crippen LogP contribution >= 0.6 is 11.3 Å². The summed E-state index contributed by atoms with van der Waals surface area (Å²) in [5.74, 6) is 0.871. The van der Waals surface area contributed by atoms with Crippen LogP contribution in [-0.2, 0) is 19.4 Å². The summed E-state index contributed by atoms with van der Waals surface area (Å²) in [4.78, 5) is 20.0. The van der Waals surface area contributed by atoms with Gasteiger partial charge in [0.05, 0.1) is 18.1 Å². The monoisotopic (exact) mass is 345 g/mol. The molecule has 0 spiro atoms. The SMILES string of the molecule is CCc1cnc(CCNC(=O)N2Cc3ccccc3O[C@@H](C)C2)s1. The molecule has 0 fully saturated rings. The maximum Gasteiger partial charge on any atom is 0.317 e. The zero-order chi connectivity index (χ0) is 16.9. The van der Waals surface area contributed by atoms with E-state index in [1.807, 2.05) is 42.3 Å². The predicted molar refractivity (Wildman–Crippen MR) is 95.5 cm³/mol. The fourth-order valence-electron chi connectivity index (χ4n) is 2.75. The second kappa shape index (κ2) is 7.66. The number of rotatable bonds is 4. The molecule has 3 rings (SSSR count). The topological polar surface area (TPSA) is 54.5 Å². The Kier molecular flexibility index (Phi) is 5.35. The van der Waals surface area contributed by atoms with Crippen LogP contribution in [0.4, 0.5) is 4.79 Å². The molecule has 0 saturated heterocycles. The number of urea groups is 1. The summed E-state index contributed by atoms with van der Waals surface area (Å²) < 4.78 is 5.90.